The van der Waals surface area contributed by atoms with Crippen molar-refractivity contribution in [3.05, 3.63) is 100 Å². The molecule has 212 valence electrons. The smallest absolute Gasteiger partial charge is 0.308 e. The molecule has 0 bridgehead atoms. The zero-order valence-electron chi connectivity index (χ0n) is 22.7. The first-order valence-electron chi connectivity index (χ1n) is 12.9. The topological polar surface area (TPSA) is 127 Å². The molecular weight excluding hydrogens is 517 g/mol. The van der Waals surface area contributed by atoms with Crippen molar-refractivity contribution < 1.29 is 28.6 Å². The second-order valence-electron chi connectivity index (χ2n) is 10.3. The van der Waals surface area contributed by atoms with Crippen LogP contribution in [0.15, 0.2) is 83.8 Å². The zero-order valence-corrected chi connectivity index (χ0v) is 22.7. The van der Waals surface area contributed by atoms with E-state index < -0.39 is 60.2 Å². The van der Waals surface area contributed by atoms with Gasteiger partial charge in [-0.05, 0) is 50.6 Å². The minimum Gasteiger partial charge on any atom is -0.460 e. The average molecular weight is 552 g/mol. The third-order valence-electron chi connectivity index (χ3n) is 5.93. The Morgan fingerprint density at radius 2 is 1.60 bits per heavy atom. The summed E-state index contributed by atoms with van der Waals surface area (Å²) in [5.74, 6) is -1.95. The van der Waals surface area contributed by atoms with Gasteiger partial charge in [-0.15, -0.1) is 0 Å². The first kappa shape index (κ1) is 30.2. The van der Waals surface area contributed by atoms with Gasteiger partial charge in [-0.25, -0.2) is 4.39 Å². The first-order valence-corrected chi connectivity index (χ1v) is 12.9. The van der Waals surface area contributed by atoms with Crippen LogP contribution in [0.5, 0.6) is 0 Å². The second kappa shape index (κ2) is 13.7. The molecule has 2 amide bonds. The molecule has 40 heavy (non-hydrogen) atoms. The van der Waals surface area contributed by atoms with Gasteiger partial charge in [-0.3, -0.25) is 19.2 Å². The highest BCUT2D eigenvalue weighted by Gasteiger charge is 2.31. The Labute approximate surface area is 232 Å². The van der Waals surface area contributed by atoms with Gasteiger partial charge in [0.1, 0.15) is 30.1 Å². The summed E-state index contributed by atoms with van der Waals surface area (Å²) in [6.07, 6.45) is -0.689. The highest BCUT2D eigenvalue weighted by molar-refractivity contribution is 6.04. The summed E-state index contributed by atoms with van der Waals surface area (Å²) in [5, 5.41) is 15.4. The highest BCUT2D eigenvalue weighted by Crippen LogP contribution is 2.17. The number of nitrogens with zero attached hydrogens (tertiary/aromatic N) is 1. The SMILES string of the molecule is CC(C)(C)OC(=O)CC(NC(=O)[C@H](Cc1ccccc1)n1cccc(NC(=O)c2ccccc2)c1=O)C(O)CF. The number of ether oxygens (including phenoxy) is 1. The molecule has 10 heteroatoms. The number of halogens is 1. The van der Waals surface area contributed by atoms with Crippen molar-refractivity contribution in [2.75, 3.05) is 12.0 Å². The molecule has 9 nitrogen and oxygen atoms in total. The van der Waals surface area contributed by atoms with Crippen molar-refractivity contribution in [2.24, 2.45) is 0 Å². The van der Waals surface area contributed by atoms with Gasteiger partial charge in [-0.2, -0.15) is 0 Å². The molecule has 0 saturated heterocycles. The number of aliphatic hydroxyl groups excluding tert-OH is 1. The molecule has 3 N–H and O–H groups in total. The maximum atomic E-state index is 13.6. The van der Waals surface area contributed by atoms with E-state index in [0.29, 0.717) is 5.56 Å². The summed E-state index contributed by atoms with van der Waals surface area (Å²) in [5.41, 5.74) is -0.432. The molecule has 0 aliphatic rings. The van der Waals surface area contributed by atoms with Crippen LogP contribution >= 0.6 is 0 Å². The Morgan fingerprint density at radius 1 is 0.975 bits per heavy atom. The van der Waals surface area contributed by atoms with Crippen molar-refractivity contribution in [1.29, 1.82) is 0 Å². The van der Waals surface area contributed by atoms with Crippen LogP contribution in [0.4, 0.5) is 10.1 Å². The van der Waals surface area contributed by atoms with Crippen molar-refractivity contribution in [1.82, 2.24) is 9.88 Å². The van der Waals surface area contributed by atoms with Crippen LogP contribution in [0.2, 0.25) is 0 Å². The van der Waals surface area contributed by atoms with Crippen LogP contribution in [0.1, 0.15) is 49.2 Å². The van der Waals surface area contributed by atoms with E-state index in [1.165, 1.54) is 18.3 Å². The number of aliphatic hydroxyl groups is 1. The van der Waals surface area contributed by atoms with E-state index in [0.717, 1.165) is 10.1 Å². The Balaban J connectivity index is 1.93. The van der Waals surface area contributed by atoms with Gasteiger partial charge in [0.2, 0.25) is 5.91 Å². The molecule has 2 unspecified atom stereocenters. The molecule has 0 fully saturated rings. The lowest BCUT2D eigenvalue weighted by Gasteiger charge is -2.27. The van der Waals surface area contributed by atoms with Gasteiger partial charge in [-0.1, -0.05) is 48.5 Å². The molecule has 2 aromatic carbocycles. The van der Waals surface area contributed by atoms with E-state index in [4.69, 9.17) is 4.74 Å². The lowest BCUT2D eigenvalue weighted by molar-refractivity contribution is -0.156. The van der Waals surface area contributed by atoms with Crippen LogP contribution in [-0.4, -0.2) is 51.9 Å². The lowest BCUT2D eigenvalue weighted by Crippen LogP contribution is -2.49. The quantitative estimate of drug-likeness (QED) is 0.314. The number of aromatic nitrogens is 1. The molecule has 3 atom stereocenters. The summed E-state index contributed by atoms with van der Waals surface area (Å²) in [4.78, 5) is 52.2. The summed E-state index contributed by atoms with van der Waals surface area (Å²) in [7, 11) is 0. The number of hydrogen-bond acceptors (Lipinski definition) is 6. The monoisotopic (exact) mass is 551 g/mol. The molecule has 0 saturated carbocycles. The summed E-state index contributed by atoms with van der Waals surface area (Å²) >= 11 is 0. The minimum atomic E-state index is -1.68. The van der Waals surface area contributed by atoms with E-state index in [1.807, 2.05) is 0 Å². The number of anilines is 1. The van der Waals surface area contributed by atoms with Crippen molar-refractivity contribution >= 4 is 23.5 Å². The fourth-order valence-corrected chi connectivity index (χ4v) is 4.02. The van der Waals surface area contributed by atoms with Gasteiger partial charge in [0.15, 0.2) is 0 Å². The zero-order chi connectivity index (χ0) is 29.3. The van der Waals surface area contributed by atoms with Crippen molar-refractivity contribution in [2.45, 2.75) is 57.4 Å². The molecule has 0 aliphatic carbocycles. The molecule has 3 aromatic rings. The number of alkyl halides is 1. The molecule has 0 aliphatic heterocycles. The Morgan fingerprint density at radius 3 is 2.20 bits per heavy atom. The Hall–Kier alpha value is -4.31. The number of pyridine rings is 1. The summed E-state index contributed by atoms with van der Waals surface area (Å²) in [6, 6.07) is 17.7. The number of hydrogen-bond donors (Lipinski definition) is 3. The molecule has 0 spiro atoms. The maximum absolute atomic E-state index is 13.6. The second-order valence-corrected chi connectivity index (χ2v) is 10.3. The molecule has 1 aromatic heterocycles. The molecule has 0 radical (unpaired) electrons. The molecular formula is C30H34FN3O6. The van der Waals surface area contributed by atoms with Gasteiger partial charge in [0.25, 0.3) is 11.5 Å². The fourth-order valence-electron chi connectivity index (χ4n) is 4.02. The predicted octanol–water partition coefficient (Wildman–Crippen LogP) is 3.43. The lowest BCUT2D eigenvalue weighted by atomic mass is 10.0. The Kier molecular flexibility index (Phi) is 10.3. The van der Waals surface area contributed by atoms with Crippen LogP contribution < -0.4 is 16.2 Å². The van der Waals surface area contributed by atoms with E-state index in [9.17, 15) is 28.7 Å². The summed E-state index contributed by atoms with van der Waals surface area (Å²) < 4.78 is 19.9. The van der Waals surface area contributed by atoms with Gasteiger partial charge in [0.05, 0.1) is 12.5 Å². The third-order valence-corrected chi connectivity index (χ3v) is 5.93. The van der Waals surface area contributed by atoms with Crippen molar-refractivity contribution in [3.63, 3.8) is 0 Å². The predicted molar refractivity (Wildman–Crippen MR) is 149 cm³/mol. The fraction of sp³-hybridized carbons (Fsp3) is 0.333. The Bertz CT molecular complexity index is 1360. The summed E-state index contributed by atoms with van der Waals surface area (Å²) in [6.45, 7) is 3.78. The number of nitrogens with one attached hydrogen (secondary N) is 2. The van der Waals surface area contributed by atoms with Crippen molar-refractivity contribution in [3.8, 4) is 0 Å². The van der Waals surface area contributed by atoms with E-state index in [1.54, 1.807) is 81.4 Å². The van der Waals surface area contributed by atoms with Crippen LogP contribution in [-0.2, 0) is 20.7 Å². The molecule has 3 rings (SSSR count). The van der Waals surface area contributed by atoms with E-state index in [-0.39, 0.29) is 12.1 Å². The minimum absolute atomic E-state index is 0.0451. The van der Waals surface area contributed by atoms with E-state index >= 15 is 0 Å². The number of amides is 2. The maximum Gasteiger partial charge on any atom is 0.308 e. The van der Waals surface area contributed by atoms with Gasteiger partial charge >= 0.3 is 5.97 Å². The van der Waals surface area contributed by atoms with Crippen LogP contribution in [0.25, 0.3) is 0 Å². The third kappa shape index (κ3) is 8.60. The number of esters is 1. The number of benzene rings is 2. The van der Waals surface area contributed by atoms with E-state index in [2.05, 4.69) is 10.6 Å². The normalized spacial score (nSPS) is 13.5. The largest absolute Gasteiger partial charge is 0.460 e. The van der Waals surface area contributed by atoms with Gasteiger partial charge < -0.3 is 25.0 Å². The standard InChI is InChI=1S/C30H34FN3O6/c1-30(2,3)40-26(36)18-23(25(35)19-31)33-28(38)24(17-20-11-6-4-7-12-20)34-16-10-15-22(29(34)39)32-27(37)21-13-8-5-9-14-21/h4-16,23-25,35H,17-19H2,1-3H3,(H,32,37)(H,33,38)/t23?,24-,25?/m0/s1. The molecule has 1 heterocycles. The van der Waals surface area contributed by atoms with Crippen LogP contribution in [0.3, 0.4) is 0 Å². The highest BCUT2D eigenvalue weighted by atomic mass is 19.1. The van der Waals surface area contributed by atoms with Gasteiger partial charge in [0, 0.05) is 18.2 Å². The first-order chi connectivity index (χ1) is 19.0. The number of carbonyl (C=O) groups is 3. The average Bonchev–Trinajstić information content (AvgIpc) is 2.92. The number of rotatable bonds is 11. The number of carbonyl (C=O) groups excluding carboxylic acids is 3. The van der Waals surface area contributed by atoms with Crippen LogP contribution in [0, 0.1) is 0 Å².